The van der Waals surface area contributed by atoms with Gasteiger partial charge in [-0.2, -0.15) is 4.98 Å². The second-order valence-electron chi connectivity index (χ2n) is 10.6. The molecule has 0 N–H and O–H groups in total. The minimum Gasteiger partial charge on any atom is -0.343 e. The third kappa shape index (κ3) is 5.14. The van der Waals surface area contributed by atoms with Gasteiger partial charge in [0.1, 0.15) is 0 Å². The summed E-state index contributed by atoms with van der Waals surface area (Å²) < 4.78 is 5.20. The lowest BCUT2D eigenvalue weighted by atomic mass is 9.78. The lowest BCUT2D eigenvalue weighted by molar-refractivity contribution is -0.134. The molecular weight excluding hydrogens is 390 g/mol. The Kier molecular flexibility index (Phi) is 7.01. The smallest absolute Gasteiger partial charge is 0.223 e. The van der Waals surface area contributed by atoms with Crippen LogP contribution in [0.2, 0.25) is 0 Å². The summed E-state index contributed by atoms with van der Waals surface area (Å²) in [5, 5.41) is 4.15. The molecule has 1 aliphatic carbocycles. The van der Waals surface area contributed by atoms with E-state index in [1.807, 2.05) is 6.92 Å². The first kappa shape index (κ1) is 22.7. The van der Waals surface area contributed by atoms with E-state index in [0.717, 1.165) is 57.9 Å². The fourth-order valence-corrected chi connectivity index (χ4v) is 5.86. The monoisotopic (exact) mass is 431 g/mol. The van der Waals surface area contributed by atoms with Gasteiger partial charge in [-0.15, -0.1) is 0 Å². The number of aromatic nitrogens is 2. The van der Waals surface area contributed by atoms with Crippen molar-refractivity contribution in [2.45, 2.75) is 90.1 Å². The molecule has 4 rings (SSSR count). The molecular formula is C24H41N5O2. The van der Waals surface area contributed by atoms with Crippen molar-refractivity contribution in [3.05, 3.63) is 11.7 Å². The molecule has 2 atom stereocenters. The lowest BCUT2D eigenvalue weighted by Gasteiger charge is -2.45. The molecule has 0 radical (unpaired) electrons. The molecule has 1 unspecified atom stereocenters. The largest absolute Gasteiger partial charge is 0.343 e. The first-order valence-electron chi connectivity index (χ1n) is 12.4. The predicted octanol–water partition coefficient (Wildman–Crippen LogP) is 3.23. The van der Waals surface area contributed by atoms with Crippen LogP contribution in [0.1, 0.15) is 77.4 Å². The zero-order chi connectivity index (χ0) is 22.0. The number of aryl methyl sites for hydroxylation is 1. The molecule has 0 spiro atoms. The molecule has 7 nitrogen and oxygen atoms in total. The fourth-order valence-electron chi connectivity index (χ4n) is 5.86. The first-order valence-corrected chi connectivity index (χ1v) is 12.4. The molecule has 2 saturated heterocycles. The summed E-state index contributed by atoms with van der Waals surface area (Å²) in [4.78, 5) is 25.1. The highest BCUT2D eigenvalue weighted by atomic mass is 16.5. The SMILES string of the molecule is Cc1nc(C2(C)CCN(C(=O)CC3CCCC[C@@H]3N3CCN(C(C)C)CC3)CC2)no1. The second kappa shape index (κ2) is 9.57. The van der Waals surface area contributed by atoms with Crippen LogP contribution in [0.15, 0.2) is 4.52 Å². The average molecular weight is 432 g/mol. The van der Waals surface area contributed by atoms with Gasteiger partial charge in [-0.05, 0) is 45.4 Å². The van der Waals surface area contributed by atoms with Crippen LogP contribution in [0.4, 0.5) is 0 Å². The van der Waals surface area contributed by atoms with Gasteiger partial charge in [-0.3, -0.25) is 14.6 Å². The zero-order valence-electron chi connectivity index (χ0n) is 20.0. The van der Waals surface area contributed by atoms with E-state index in [2.05, 4.69) is 45.6 Å². The number of piperazine rings is 1. The van der Waals surface area contributed by atoms with E-state index >= 15 is 0 Å². The van der Waals surface area contributed by atoms with Crippen LogP contribution in [0.25, 0.3) is 0 Å². The van der Waals surface area contributed by atoms with Gasteiger partial charge >= 0.3 is 0 Å². The summed E-state index contributed by atoms with van der Waals surface area (Å²) in [5.74, 6) is 2.28. The third-order valence-corrected chi connectivity index (χ3v) is 8.14. The maximum absolute atomic E-state index is 13.2. The Balaban J connectivity index is 1.31. The number of carbonyl (C=O) groups is 1. The van der Waals surface area contributed by atoms with Gasteiger partial charge < -0.3 is 9.42 Å². The van der Waals surface area contributed by atoms with E-state index in [9.17, 15) is 4.79 Å². The van der Waals surface area contributed by atoms with Crippen molar-refractivity contribution in [1.29, 1.82) is 0 Å². The van der Waals surface area contributed by atoms with Gasteiger partial charge in [0, 0.05) is 70.1 Å². The first-order chi connectivity index (χ1) is 14.9. The van der Waals surface area contributed by atoms with Crippen molar-refractivity contribution in [2.24, 2.45) is 5.92 Å². The van der Waals surface area contributed by atoms with E-state index in [4.69, 9.17) is 4.52 Å². The number of hydrogen-bond donors (Lipinski definition) is 0. The molecule has 1 saturated carbocycles. The molecule has 1 amide bonds. The third-order valence-electron chi connectivity index (χ3n) is 8.14. The van der Waals surface area contributed by atoms with Crippen LogP contribution in [0.3, 0.4) is 0 Å². The van der Waals surface area contributed by atoms with Gasteiger partial charge in [0.15, 0.2) is 5.82 Å². The highest BCUT2D eigenvalue weighted by Gasteiger charge is 2.39. The summed E-state index contributed by atoms with van der Waals surface area (Å²) in [6.07, 6.45) is 7.57. The number of hydrogen-bond acceptors (Lipinski definition) is 6. The Morgan fingerprint density at radius 1 is 1.10 bits per heavy atom. The molecule has 1 aromatic rings. The Bertz CT molecular complexity index is 732. The molecule has 7 heteroatoms. The zero-order valence-corrected chi connectivity index (χ0v) is 20.0. The van der Waals surface area contributed by atoms with Crippen LogP contribution in [0, 0.1) is 12.8 Å². The Hall–Kier alpha value is -1.47. The molecule has 31 heavy (non-hydrogen) atoms. The van der Waals surface area contributed by atoms with Gasteiger partial charge in [0.05, 0.1) is 0 Å². The summed E-state index contributed by atoms with van der Waals surface area (Å²) in [7, 11) is 0. The molecule has 0 bridgehead atoms. The van der Waals surface area contributed by atoms with Gasteiger partial charge in [0.25, 0.3) is 0 Å². The summed E-state index contributed by atoms with van der Waals surface area (Å²) in [6.45, 7) is 14.8. The summed E-state index contributed by atoms with van der Waals surface area (Å²) in [5.41, 5.74) is -0.0853. The van der Waals surface area contributed by atoms with Gasteiger partial charge in [-0.25, -0.2) is 0 Å². The number of piperidine rings is 1. The van der Waals surface area contributed by atoms with Crippen LogP contribution < -0.4 is 0 Å². The van der Waals surface area contributed by atoms with Crippen LogP contribution in [0.5, 0.6) is 0 Å². The topological polar surface area (TPSA) is 65.7 Å². The van der Waals surface area contributed by atoms with Crippen molar-refractivity contribution >= 4 is 5.91 Å². The number of nitrogens with zero attached hydrogens (tertiary/aromatic N) is 5. The van der Waals surface area contributed by atoms with Crippen molar-refractivity contribution in [1.82, 2.24) is 24.8 Å². The summed E-state index contributed by atoms with van der Waals surface area (Å²) >= 11 is 0. The lowest BCUT2D eigenvalue weighted by Crippen LogP contribution is -2.55. The molecule has 0 aromatic carbocycles. The van der Waals surface area contributed by atoms with E-state index < -0.39 is 0 Å². The standard InChI is InChI=1S/C24H41N5O2/c1-18(2)27-13-15-28(16-14-27)21-8-6-5-7-20(21)17-22(30)29-11-9-24(4,10-12-29)23-25-19(3)31-26-23/h18,20-21H,5-17H2,1-4H3/t20?,21-/m0/s1. The molecule has 3 fully saturated rings. The Labute approximate surface area is 187 Å². The number of likely N-dealkylation sites (tertiary alicyclic amines) is 1. The molecule has 2 aliphatic heterocycles. The van der Waals surface area contributed by atoms with Crippen LogP contribution in [-0.2, 0) is 10.2 Å². The fraction of sp³-hybridized carbons (Fsp3) is 0.875. The molecule has 3 aliphatic rings. The predicted molar refractivity (Wildman–Crippen MR) is 121 cm³/mol. The van der Waals surface area contributed by atoms with Crippen LogP contribution >= 0.6 is 0 Å². The van der Waals surface area contributed by atoms with Gasteiger partial charge in [0.2, 0.25) is 11.8 Å². The van der Waals surface area contributed by atoms with E-state index in [1.165, 1.54) is 25.7 Å². The minimum atomic E-state index is -0.0853. The van der Waals surface area contributed by atoms with E-state index in [0.29, 0.717) is 36.2 Å². The maximum atomic E-state index is 13.2. The molecule has 174 valence electrons. The highest BCUT2D eigenvalue weighted by molar-refractivity contribution is 5.76. The van der Waals surface area contributed by atoms with Gasteiger partial charge in [-0.1, -0.05) is 24.9 Å². The van der Waals surface area contributed by atoms with E-state index in [-0.39, 0.29) is 5.41 Å². The maximum Gasteiger partial charge on any atom is 0.223 e. The normalized spacial score (nSPS) is 28.2. The van der Waals surface area contributed by atoms with Crippen molar-refractivity contribution in [3.63, 3.8) is 0 Å². The van der Waals surface area contributed by atoms with Crippen molar-refractivity contribution in [3.8, 4) is 0 Å². The summed E-state index contributed by atoms with van der Waals surface area (Å²) in [6, 6.07) is 1.22. The Morgan fingerprint density at radius 2 is 1.77 bits per heavy atom. The number of amides is 1. The highest BCUT2D eigenvalue weighted by Crippen LogP contribution is 2.35. The number of carbonyl (C=O) groups excluding carboxylic acids is 1. The average Bonchev–Trinajstić information content (AvgIpc) is 3.22. The molecule has 3 heterocycles. The second-order valence-corrected chi connectivity index (χ2v) is 10.6. The van der Waals surface area contributed by atoms with Crippen molar-refractivity contribution < 1.29 is 9.32 Å². The van der Waals surface area contributed by atoms with Crippen LogP contribution in [-0.4, -0.2) is 82.1 Å². The Morgan fingerprint density at radius 3 is 2.39 bits per heavy atom. The van der Waals surface area contributed by atoms with E-state index in [1.54, 1.807) is 0 Å². The number of rotatable bonds is 5. The van der Waals surface area contributed by atoms with Crippen molar-refractivity contribution in [2.75, 3.05) is 39.3 Å². The minimum absolute atomic E-state index is 0.0853. The molecule has 1 aromatic heterocycles. The quantitative estimate of drug-likeness (QED) is 0.713.